The summed E-state index contributed by atoms with van der Waals surface area (Å²) in [6.07, 6.45) is 3.31. The zero-order chi connectivity index (χ0) is 16.8. The number of aromatic nitrogens is 2. The van der Waals surface area contributed by atoms with Crippen molar-refractivity contribution in [2.45, 2.75) is 38.4 Å². The Bertz CT molecular complexity index is 662. The van der Waals surface area contributed by atoms with Gasteiger partial charge in [0.2, 0.25) is 5.82 Å². The highest BCUT2D eigenvalue weighted by Gasteiger charge is 2.17. The first-order valence-electron chi connectivity index (χ1n) is 7.99. The van der Waals surface area contributed by atoms with E-state index in [2.05, 4.69) is 10.1 Å². The van der Waals surface area contributed by atoms with E-state index in [0.29, 0.717) is 24.6 Å². The smallest absolute Gasteiger partial charge is 0.306 e. The number of methoxy groups -OCH3 is 1. The quantitative estimate of drug-likeness (QED) is 0.721. The zero-order valence-corrected chi connectivity index (χ0v) is 13.6. The molecule has 1 fully saturated rings. The van der Waals surface area contributed by atoms with Crippen LogP contribution in [0.5, 0.6) is 5.75 Å². The second-order valence-corrected chi connectivity index (χ2v) is 5.58. The van der Waals surface area contributed by atoms with Gasteiger partial charge in [0.05, 0.1) is 13.2 Å². The lowest BCUT2D eigenvalue weighted by Gasteiger charge is -2.07. The Balaban J connectivity index is 1.47. The van der Waals surface area contributed by atoms with E-state index >= 15 is 0 Å². The van der Waals surface area contributed by atoms with E-state index in [-0.39, 0.29) is 18.7 Å². The number of carbonyl (C=O) groups is 1. The van der Waals surface area contributed by atoms with Crippen molar-refractivity contribution in [1.82, 2.24) is 10.1 Å². The maximum atomic E-state index is 11.7. The highest BCUT2D eigenvalue weighted by molar-refractivity contribution is 5.69. The fourth-order valence-corrected chi connectivity index (χ4v) is 2.53. The third-order valence-corrected chi connectivity index (χ3v) is 3.86. The third kappa shape index (κ3) is 4.32. The Kier molecular flexibility index (Phi) is 5.43. The topological polar surface area (TPSA) is 83.7 Å². The van der Waals surface area contributed by atoms with Gasteiger partial charge in [-0.25, -0.2) is 0 Å². The van der Waals surface area contributed by atoms with Crippen LogP contribution in [0.15, 0.2) is 28.8 Å². The summed E-state index contributed by atoms with van der Waals surface area (Å²) in [5, 5.41) is 3.83. The van der Waals surface area contributed by atoms with Gasteiger partial charge in [-0.2, -0.15) is 4.98 Å². The third-order valence-electron chi connectivity index (χ3n) is 3.86. The van der Waals surface area contributed by atoms with Crippen LogP contribution in [0, 0.1) is 0 Å². The van der Waals surface area contributed by atoms with Gasteiger partial charge in [-0.15, -0.1) is 0 Å². The normalized spacial score (nSPS) is 17.0. The van der Waals surface area contributed by atoms with Gasteiger partial charge in [0, 0.05) is 18.6 Å². The van der Waals surface area contributed by atoms with E-state index in [9.17, 15) is 4.79 Å². The van der Waals surface area contributed by atoms with Crippen LogP contribution < -0.4 is 4.74 Å². The van der Waals surface area contributed by atoms with Crippen molar-refractivity contribution in [1.29, 1.82) is 0 Å². The molecule has 0 unspecified atom stereocenters. The molecule has 1 saturated heterocycles. The maximum Gasteiger partial charge on any atom is 0.306 e. The van der Waals surface area contributed by atoms with Crippen molar-refractivity contribution in [2.75, 3.05) is 13.7 Å². The van der Waals surface area contributed by atoms with E-state index in [4.69, 9.17) is 18.7 Å². The summed E-state index contributed by atoms with van der Waals surface area (Å²) in [5.74, 6) is 1.19. The van der Waals surface area contributed by atoms with Gasteiger partial charge in [-0.1, -0.05) is 5.16 Å². The lowest BCUT2D eigenvalue weighted by atomic mass is 10.1. The number of hydrogen-bond acceptors (Lipinski definition) is 7. The minimum absolute atomic E-state index is 0.00398. The summed E-state index contributed by atoms with van der Waals surface area (Å²) < 4.78 is 20.9. The number of carbonyl (C=O) groups excluding carboxylic acids is 1. The van der Waals surface area contributed by atoms with Gasteiger partial charge in [-0.05, 0) is 43.5 Å². The van der Waals surface area contributed by atoms with Crippen LogP contribution in [-0.4, -0.2) is 35.9 Å². The first kappa shape index (κ1) is 16.4. The molecule has 1 aliphatic heterocycles. The molecule has 3 rings (SSSR count). The molecule has 2 heterocycles. The summed E-state index contributed by atoms with van der Waals surface area (Å²) in [6, 6.07) is 7.27. The minimum atomic E-state index is -0.277. The average Bonchev–Trinajstić information content (AvgIpc) is 3.30. The van der Waals surface area contributed by atoms with Crippen LogP contribution in [0.25, 0.3) is 11.5 Å². The molecular weight excluding hydrogens is 312 g/mol. The first-order valence-corrected chi connectivity index (χ1v) is 7.99. The van der Waals surface area contributed by atoms with Gasteiger partial charge in [0.1, 0.15) is 5.75 Å². The number of benzene rings is 1. The Morgan fingerprint density at radius 1 is 1.33 bits per heavy atom. The number of ether oxygens (including phenoxy) is 3. The molecule has 0 spiro atoms. The summed E-state index contributed by atoms with van der Waals surface area (Å²) in [4.78, 5) is 16.0. The second-order valence-electron chi connectivity index (χ2n) is 5.58. The van der Waals surface area contributed by atoms with Crippen molar-refractivity contribution >= 4 is 5.97 Å². The number of esters is 1. The van der Waals surface area contributed by atoms with Crippen molar-refractivity contribution in [3.63, 3.8) is 0 Å². The largest absolute Gasteiger partial charge is 0.497 e. The molecule has 0 aliphatic carbocycles. The van der Waals surface area contributed by atoms with Crippen LogP contribution in [0.2, 0.25) is 0 Å². The van der Waals surface area contributed by atoms with E-state index < -0.39 is 0 Å². The molecule has 0 amide bonds. The highest BCUT2D eigenvalue weighted by Crippen LogP contribution is 2.21. The Morgan fingerprint density at radius 3 is 2.88 bits per heavy atom. The van der Waals surface area contributed by atoms with Crippen molar-refractivity contribution < 1.29 is 23.5 Å². The first-order chi connectivity index (χ1) is 11.7. The van der Waals surface area contributed by atoms with Crippen LogP contribution in [-0.2, 0) is 20.9 Å². The van der Waals surface area contributed by atoms with Crippen molar-refractivity contribution in [3.05, 3.63) is 30.1 Å². The van der Waals surface area contributed by atoms with Gasteiger partial charge in [0.25, 0.3) is 5.89 Å². The van der Waals surface area contributed by atoms with Crippen LogP contribution in [0.1, 0.15) is 31.5 Å². The molecule has 0 bridgehead atoms. The van der Waals surface area contributed by atoms with Crippen molar-refractivity contribution in [2.24, 2.45) is 0 Å². The maximum absolute atomic E-state index is 11.7. The van der Waals surface area contributed by atoms with Gasteiger partial charge < -0.3 is 18.7 Å². The fraction of sp³-hybridized carbons (Fsp3) is 0.471. The molecule has 7 heteroatoms. The Labute approximate surface area is 139 Å². The average molecular weight is 332 g/mol. The van der Waals surface area contributed by atoms with E-state index in [1.165, 1.54) is 0 Å². The Morgan fingerprint density at radius 2 is 2.17 bits per heavy atom. The van der Waals surface area contributed by atoms with E-state index in [1.54, 1.807) is 7.11 Å². The fourth-order valence-electron chi connectivity index (χ4n) is 2.53. The summed E-state index contributed by atoms with van der Waals surface area (Å²) >= 11 is 0. The summed E-state index contributed by atoms with van der Waals surface area (Å²) in [7, 11) is 1.60. The second kappa shape index (κ2) is 7.92. The number of rotatable bonds is 7. The SMILES string of the molecule is COc1ccc(-c2nc(COC(=O)CC[C@@H]3CCCO3)no2)cc1. The van der Waals surface area contributed by atoms with Gasteiger partial charge in [-0.3, -0.25) is 4.79 Å². The molecule has 0 radical (unpaired) electrons. The monoisotopic (exact) mass is 332 g/mol. The van der Waals surface area contributed by atoms with Crippen LogP contribution in [0.3, 0.4) is 0 Å². The summed E-state index contributed by atoms with van der Waals surface area (Å²) in [5.41, 5.74) is 0.777. The summed E-state index contributed by atoms with van der Waals surface area (Å²) in [6.45, 7) is 0.792. The molecule has 1 aromatic carbocycles. The molecule has 0 N–H and O–H groups in total. The molecule has 128 valence electrons. The molecule has 1 aromatic heterocycles. The lowest BCUT2D eigenvalue weighted by molar-refractivity contribution is -0.145. The van der Waals surface area contributed by atoms with Gasteiger partial charge >= 0.3 is 5.97 Å². The van der Waals surface area contributed by atoms with Crippen LogP contribution in [0.4, 0.5) is 0 Å². The van der Waals surface area contributed by atoms with E-state index in [0.717, 1.165) is 30.8 Å². The Hall–Kier alpha value is -2.41. The number of nitrogens with zero attached hydrogens (tertiary/aromatic N) is 2. The highest BCUT2D eigenvalue weighted by atomic mass is 16.5. The standard InChI is InChI=1S/C17H20N2O5/c1-21-13-6-4-12(5-7-13)17-18-15(19-24-17)11-23-16(20)9-8-14-3-2-10-22-14/h4-7,14H,2-3,8-11H2,1H3/t14-/m0/s1. The van der Waals surface area contributed by atoms with Crippen LogP contribution >= 0.6 is 0 Å². The molecule has 2 aromatic rings. The predicted octanol–water partition coefficient (Wildman–Crippen LogP) is 2.75. The minimum Gasteiger partial charge on any atom is -0.497 e. The molecular formula is C17H20N2O5. The lowest BCUT2D eigenvalue weighted by Crippen LogP contribution is -2.11. The van der Waals surface area contributed by atoms with Crippen molar-refractivity contribution in [3.8, 4) is 17.2 Å². The molecule has 0 saturated carbocycles. The molecule has 7 nitrogen and oxygen atoms in total. The number of hydrogen-bond donors (Lipinski definition) is 0. The zero-order valence-electron chi connectivity index (χ0n) is 13.6. The van der Waals surface area contributed by atoms with E-state index in [1.807, 2.05) is 24.3 Å². The molecule has 1 atom stereocenters. The van der Waals surface area contributed by atoms with Gasteiger partial charge in [0.15, 0.2) is 6.61 Å². The molecule has 1 aliphatic rings. The predicted molar refractivity (Wildman–Crippen MR) is 84.3 cm³/mol. The molecule has 24 heavy (non-hydrogen) atoms.